The summed E-state index contributed by atoms with van der Waals surface area (Å²) >= 11 is 0. The molecule has 6 nitrogen and oxygen atoms in total. The van der Waals surface area contributed by atoms with Crippen LogP contribution in [0.2, 0.25) is 0 Å². The van der Waals surface area contributed by atoms with Crippen molar-refractivity contribution in [2.24, 2.45) is 5.92 Å². The molecule has 0 aliphatic carbocycles. The summed E-state index contributed by atoms with van der Waals surface area (Å²) in [5.41, 5.74) is 0. The molecule has 1 fully saturated rings. The largest absolute Gasteiger partial charge is 0.481 e. The van der Waals surface area contributed by atoms with E-state index in [9.17, 15) is 9.59 Å². The predicted octanol–water partition coefficient (Wildman–Crippen LogP) is 0.0542. The smallest absolute Gasteiger partial charge is 0.319 e. The van der Waals surface area contributed by atoms with Gasteiger partial charge < -0.3 is 20.2 Å². The highest BCUT2D eigenvalue weighted by molar-refractivity contribution is 5.76. The highest BCUT2D eigenvalue weighted by atomic mass is 16.4. The van der Waals surface area contributed by atoms with E-state index in [1.165, 1.54) is 4.90 Å². The number of carbonyl (C=O) groups excluding carboxylic acids is 1. The van der Waals surface area contributed by atoms with Gasteiger partial charge in [0.15, 0.2) is 0 Å². The molecule has 1 unspecified atom stereocenters. The van der Waals surface area contributed by atoms with Crippen LogP contribution in [0.5, 0.6) is 0 Å². The molecule has 1 saturated heterocycles. The van der Waals surface area contributed by atoms with Gasteiger partial charge in [0.1, 0.15) is 0 Å². The van der Waals surface area contributed by atoms with Crippen molar-refractivity contribution in [1.29, 1.82) is 0 Å². The molecule has 0 spiro atoms. The molecule has 1 aliphatic heterocycles. The minimum Gasteiger partial charge on any atom is -0.481 e. The summed E-state index contributed by atoms with van der Waals surface area (Å²) in [4.78, 5) is 26.0. The van der Waals surface area contributed by atoms with E-state index in [1.54, 1.807) is 18.9 Å². The fraction of sp³-hybridized carbons (Fsp3) is 0.818. The van der Waals surface area contributed by atoms with E-state index < -0.39 is 11.9 Å². The molecule has 1 atom stereocenters. The van der Waals surface area contributed by atoms with Gasteiger partial charge in [-0.2, -0.15) is 0 Å². The van der Waals surface area contributed by atoms with E-state index in [0.717, 1.165) is 26.1 Å². The molecule has 0 bridgehead atoms. The maximum atomic E-state index is 12.0. The molecular formula is C11H21N3O3. The van der Waals surface area contributed by atoms with Crippen LogP contribution in [-0.2, 0) is 4.79 Å². The van der Waals surface area contributed by atoms with E-state index in [1.807, 2.05) is 0 Å². The zero-order chi connectivity index (χ0) is 12.8. The molecule has 0 radical (unpaired) electrons. The Morgan fingerprint density at radius 3 is 2.76 bits per heavy atom. The van der Waals surface area contributed by atoms with E-state index in [-0.39, 0.29) is 12.6 Å². The monoisotopic (exact) mass is 243 g/mol. The summed E-state index contributed by atoms with van der Waals surface area (Å²) in [5, 5.41) is 12.0. The van der Waals surface area contributed by atoms with Gasteiger partial charge in [0.05, 0.1) is 5.92 Å². The number of carbonyl (C=O) groups is 2. The maximum absolute atomic E-state index is 12.0. The van der Waals surface area contributed by atoms with Crippen molar-refractivity contribution < 1.29 is 14.7 Å². The Kier molecular flexibility index (Phi) is 5.21. The van der Waals surface area contributed by atoms with Crippen molar-refractivity contribution in [2.75, 3.05) is 39.8 Å². The standard InChI is InChI=1S/C11H21N3O3/c1-9(10(15)16)8-13(2)11(17)14-6-3-4-12-5-7-14/h9,12H,3-8H2,1-2H3,(H,15,16). The normalized spacial score (nSPS) is 18.4. The Hall–Kier alpha value is -1.30. The second kappa shape index (κ2) is 6.44. The first kappa shape index (κ1) is 13.8. The van der Waals surface area contributed by atoms with Crippen molar-refractivity contribution in [1.82, 2.24) is 15.1 Å². The molecule has 1 heterocycles. The number of hydrogen-bond donors (Lipinski definition) is 2. The average Bonchev–Trinajstić information content (AvgIpc) is 2.56. The topological polar surface area (TPSA) is 72.9 Å². The minimum absolute atomic E-state index is 0.0817. The fourth-order valence-electron chi connectivity index (χ4n) is 1.85. The summed E-state index contributed by atoms with van der Waals surface area (Å²) in [6.45, 7) is 5.00. The van der Waals surface area contributed by atoms with Crippen LogP contribution < -0.4 is 5.32 Å². The lowest BCUT2D eigenvalue weighted by Gasteiger charge is -2.27. The number of nitrogens with one attached hydrogen (secondary N) is 1. The van der Waals surface area contributed by atoms with Crippen LogP contribution in [0.15, 0.2) is 0 Å². The summed E-state index contributed by atoms with van der Waals surface area (Å²) in [7, 11) is 1.65. The molecule has 2 amide bonds. The van der Waals surface area contributed by atoms with Crippen molar-refractivity contribution in [3.05, 3.63) is 0 Å². The van der Waals surface area contributed by atoms with Gasteiger partial charge in [-0.25, -0.2) is 4.79 Å². The lowest BCUT2D eigenvalue weighted by Crippen LogP contribution is -2.44. The molecular weight excluding hydrogens is 222 g/mol. The Balaban J connectivity index is 2.47. The van der Waals surface area contributed by atoms with E-state index in [2.05, 4.69) is 5.32 Å². The van der Waals surface area contributed by atoms with E-state index in [0.29, 0.717) is 6.54 Å². The third-order valence-electron chi connectivity index (χ3n) is 2.91. The summed E-state index contributed by atoms with van der Waals surface area (Å²) in [6.07, 6.45) is 0.939. The van der Waals surface area contributed by atoms with Gasteiger partial charge in [0.2, 0.25) is 0 Å². The Morgan fingerprint density at radius 1 is 1.41 bits per heavy atom. The van der Waals surface area contributed by atoms with Gasteiger partial charge in [-0.15, -0.1) is 0 Å². The van der Waals surface area contributed by atoms with Gasteiger partial charge in [0.25, 0.3) is 0 Å². The average molecular weight is 243 g/mol. The van der Waals surface area contributed by atoms with Gasteiger partial charge in [-0.3, -0.25) is 4.79 Å². The maximum Gasteiger partial charge on any atom is 0.319 e. The van der Waals surface area contributed by atoms with Gasteiger partial charge in [-0.1, -0.05) is 6.92 Å². The van der Waals surface area contributed by atoms with Crippen molar-refractivity contribution in [3.63, 3.8) is 0 Å². The molecule has 6 heteroatoms. The number of hydrogen-bond acceptors (Lipinski definition) is 3. The Bertz CT molecular complexity index is 275. The van der Waals surface area contributed by atoms with Crippen molar-refractivity contribution >= 4 is 12.0 Å². The molecule has 2 N–H and O–H groups in total. The molecule has 1 aliphatic rings. The molecule has 0 aromatic rings. The van der Waals surface area contributed by atoms with Crippen LogP contribution in [0.1, 0.15) is 13.3 Å². The Morgan fingerprint density at radius 2 is 2.12 bits per heavy atom. The molecule has 0 saturated carbocycles. The third kappa shape index (κ3) is 4.22. The SMILES string of the molecule is CC(CN(C)C(=O)N1CCCNCC1)C(=O)O. The Labute approximate surface area is 102 Å². The van der Waals surface area contributed by atoms with E-state index >= 15 is 0 Å². The van der Waals surface area contributed by atoms with Gasteiger partial charge in [0, 0.05) is 33.2 Å². The zero-order valence-corrected chi connectivity index (χ0v) is 10.5. The van der Waals surface area contributed by atoms with Crippen LogP contribution in [-0.4, -0.2) is 66.7 Å². The summed E-state index contributed by atoms with van der Waals surface area (Å²) in [5.74, 6) is -1.41. The highest BCUT2D eigenvalue weighted by Crippen LogP contribution is 2.04. The number of nitrogens with zero attached hydrogens (tertiary/aromatic N) is 2. The fourth-order valence-corrected chi connectivity index (χ4v) is 1.85. The third-order valence-corrected chi connectivity index (χ3v) is 2.91. The number of amides is 2. The van der Waals surface area contributed by atoms with Gasteiger partial charge >= 0.3 is 12.0 Å². The van der Waals surface area contributed by atoms with Gasteiger partial charge in [-0.05, 0) is 13.0 Å². The van der Waals surface area contributed by atoms with Crippen LogP contribution in [0.25, 0.3) is 0 Å². The summed E-state index contributed by atoms with van der Waals surface area (Å²) in [6, 6.07) is -0.0817. The lowest BCUT2D eigenvalue weighted by atomic mass is 10.2. The lowest BCUT2D eigenvalue weighted by molar-refractivity contribution is -0.141. The van der Waals surface area contributed by atoms with Crippen LogP contribution in [0.4, 0.5) is 4.79 Å². The molecule has 0 aromatic carbocycles. The number of rotatable bonds is 3. The highest BCUT2D eigenvalue weighted by Gasteiger charge is 2.22. The van der Waals surface area contributed by atoms with Crippen molar-refractivity contribution in [3.8, 4) is 0 Å². The first-order chi connectivity index (χ1) is 8.02. The van der Waals surface area contributed by atoms with Crippen molar-refractivity contribution in [2.45, 2.75) is 13.3 Å². The predicted molar refractivity (Wildman–Crippen MR) is 63.9 cm³/mol. The quantitative estimate of drug-likeness (QED) is 0.735. The molecule has 98 valence electrons. The number of aliphatic carboxylic acids is 1. The number of carboxylic acids is 1. The molecule has 17 heavy (non-hydrogen) atoms. The second-order valence-corrected chi connectivity index (χ2v) is 4.49. The first-order valence-electron chi connectivity index (χ1n) is 5.96. The molecule has 1 rings (SSSR count). The second-order valence-electron chi connectivity index (χ2n) is 4.49. The minimum atomic E-state index is -0.873. The number of urea groups is 1. The van der Waals surface area contributed by atoms with Crippen LogP contribution in [0, 0.1) is 5.92 Å². The molecule has 0 aromatic heterocycles. The van der Waals surface area contributed by atoms with Crippen LogP contribution in [0.3, 0.4) is 0 Å². The first-order valence-corrected chi connectivity index (χ1v) is 5.96. The summed E-state index contributed by atoms with van der Waals surface area (Å²) < 4.78 is 0. The van der Waals surface area contributed by atoms with Crippen LogP contribution >= 0.6 is 0 Å². The number of carboxylic acid groups (broad SMARTS) is 1. The zero-order valence-electron chi connectivity index (χ0n) is 10.5. The van der Waals surface area contributed by atoms with E-state index in [4.69, 9.17) is 5.11 Å².